The SMILES string of the molecule is CCCCN1CC=C[C@]23S[C@@H]4/C=C\CCCOC(=O)[C@@H]4[C@H]2C(=O)N(CCCO)C3C1=O. The van der Waals surface area contributed by atoms with Crippen molar-refractivity contribution in [2.45, 2.75) is 55.1 Å². The van der Waals surface area contributed by atoms with Gasteiger partial charge in [0.15, 0.2) is 0 Å². The van der Waals surface area contributed by atoms with E-state index in [0.29, 0.717) is 32.7 Å². The van der Waals surface area contributed by atoms with E-state index in [1.807, 2.05) is 23.1 Å². The molecule has 0 radical (unpaired) electrons. The average Bonchev–Trinajstić information content (AvgIpc) is 3.16. The van der Waals surface area contributed by atoms with Gasteiger partial charge in [-0.25, -0.2) is 0 Å². The van der Waals surface area contributed by atoms with Crippen molar-refractivity contribution in [3.63, 3.8) is 0 Å². The fourth-order valence-electron chi connectivity index (χ4n) is 5.33. The van der Waals surface area contributed by atoms with Gasteiger partial charge in [0.05, 0.1) is 23.2 Å². The molecule has 0 aromatic carbocycles. The molecule has 0 aliphatic carbocycles. The molecule has 1 spiro atoms. The highest BCUT2D eigenvalue weighted by Gasteiger charge is 2.70. The van der Waals surface area contributed by atoms with Crippen LogP contribution in [0.2, 0.25) is 0 Å². The first-order chi connectivity index (χ1) is 15.0. The molecular formula is C23H32N2O5S. The van der Waals surface area contributed by atoms with Crippen molar-refractivity contribution in [1.82, 2.24) is 9.80 Å². The molecule has 4 heterocycles. The molecule has 2 saturated heterocycles. The van der Waals surface area contributed by atoms with Crippen LogP contribution in [0.3, 0.4) is 0 Å². The van der Waals surface area contributed by atoms with Gasteiger partial charge in [0.25, 0.3) is 0 Å². The number of likely N-dealkylation sites (tertiary alicyclic amines) is 1. The number of unbranched alkanes of at least 4 members (excludes halogenated alkanes) is 1. The van der Waals surface area contributed by atoms with E-state index in [4.69, 9.17) is 4.74 Å². The fraction of sp³-hybridized carbons (Fsp3) is 0.696. The Hall–Kier alpha value is -1.80. The standard InChI is InChI=1S/C23H32N2O5S/c1-2-3-11-24-12-7-10-23-18(20(27)25(13-8-14-26)19(23)21(24)28)17-16(31-23)9-5-4-6-15-30-22(17)29/h5,7,9-10,16-19,26H,2-4,6,8,11-15H2,1H3/b9-5-/t16-,17+,18+,19?,23+/m1/s1. The zero-order valence-electron chi connectivity index (χ0n) is 18.1. The van der Waals surface area contributed by atoms with Gasteiger partial charge in [-0.3, -0.25) is 14.4 Å². The predicted octanol–water partition coefficient (Wildman–Crippen LogP) is 1.76. The second-order valence-corrected chi connectivity index (χ2v) is 10.2. The van der Waals surface area contributed by atoms with Gasteiger partial charge < -0.3 is 19.6 Å². The number of thioether (sulfide) groups is 1. The van der Waals surface area contributed by atoms with Crippen molar-refractivity contribution in [3.05, 3.63) is 24.3 Å². The second-order valence-electron chi connectivity index (χ2n) is 8.73. The molecule has 0 aromatic rings. The van der Waals surface area contributed by atoms with E-state index in [1.165, 1.54) is 0 Å². The van der Waals surface area contributed by atoms with E-state index in [9.17, 15) is 19.5 Å². The lowest BCUT2D eigenvalue weighted by molar-refractivity contribution is -0.153. The Bertz CT molecular complexity index is 784. The third-order valence-electron chi connectivity index (χ3n) is 6.77. The van der Waals surface area contributed by atoms with Crippen LogP contribution in [0.4, 0.5) is 0 Å². The smallest absolute Gasteiger partial charge is 0.311 e. The number of hydrogen-bond donors (Lipinski definition) is 1. The molecule has 170 valence electrons. The van der Waals surface area contributed by atoms with E-state index in [-0.39, 0.29) is 29.6 Å². The first-order valence-electron chi connectivity index (χ1n) is 11.4. The van der Waals surface area contributed by atoms with Crippen molar-refractivity contribution in [2.24, 2.45) is 11.8 Å². The summed E-state index contributed by atoms with van der Waals surface area (Å²) in [5, 5.41) is 9.20. The maximum absolute atomic E-state index is 13.7. The molecule has 8 heteroatoms. The second kappa shape index (κ2) is 9.36. The number of allylic oxidation sites excluding steroid dienone is 1. The van der Waals surface area contributed by atoms with Gasteiger partial charge >= 0.3 is 5.97 Å². The van der Waals surface area contributed by atoms with Crippen LogP contribution in [0.5, 0.6) is 0 Å². The highest BCUT2D eigenvalue weighted by Crippen LogP contribution is 2.60. The minimum absolute atomic E-state index is 0.0522. The lowest BCUT2D eigenvalue weighted by atomic mass is 9.78. The van der Waals surface area contributed by atoms with Crippen molar-refractivity contribution < 1.29 is 24.2 Å². The molecule has 7 nitrogen and oxygen atoms in total. The topological polar surface area (TPSA) is 87.2 Å². The number of amides is 2. The van der Waals surface area contributed by atoms with Crippen LogP contribution in [-0.4, -0.2) is 81.6 Å². The van der Waals surface area contributed by atoms with Gasteiger partial charge in [0.1, 0.15) is 6.04 Å². The minimum atomic E-state index is -0.789. The third-order valence-corrected chi connectivity index (χ3v) is 8.52. The van der Waals surface area contributed by atoms with Gasteiger partial charge in [0, 0.05) is 31.5 Å². The van der Waals surface area contributed by atoms with E-state index >= 15 is 0 Å². The van der Waals surface area contributed by atoms with Crippen molar-refractivity contribution in [1.29, 1.82) is 0 Å². The number of esters is 1. The van der Waals surface area contributed by atoms with Crippen molar-refractivity contribution in [2.75, 3.05) is 32.8 Å². The molecule has 4 aliphatic rings. The number of rotatable bonds is 6. The summed E-state index contributed by atoms with van der Waals surface area (Å²) in [5.41, 5.74) is 0. The molecule has 2 amide bonds. The maximum Gasteiger partial charge on any atom is 0.311 e. The monoisotopic (exact) mass is 448 g/mol. The molecule has 5 atom stereocenters. The zero-order chi connectivity index (χ0) is 22.0. The molecule has 0 bridgehead atoms. The van der Waals surface area contributed by atoms with Crippen molar-refractivity contribution >= 4 is 29.5 Å². The maximum atomic E-state index is 13.7. The quantitative estimate of drug-likeness (QED) is 0.492. The van der Waals surface area contributed by atoms with Crippen LogP contribution in [0.15, 0.2) is 24.3 Å². The normalized spacial score (nSPS) is 36.1. The van der Waals surface area contributed by atoms with Gasteiger partial charge in [0.2, 0.25) is 11.8 Å². The van der Waals surface area contributed by atoms with Gasteiger partial charge in [-0.2, -0.15) is 0 Å². The van der Waals surface area contributed by atoms with Crippen LogP contribution in [-0.2, 0) is 19.1 Å². The van der Waals surface area contributed by atoms with Crippen LogP contribution < -0.4 is 0 Å². The number of nitrogens with zero attached hydrogens (tertiary/aromatic N) is 2. The molecule has 4 aliphatic heterocycles. The molecule has 1 N–H and O–H groups in total. The van der Waals surface area contributed by atoms with Crippen LogP contribution in [0.25, 0.3) is 0 Å². The largest absolute Gasteiger partial charge is 0.465 e. The number of ether oxygens (including phenoxy) is 1. The third kappa shape index (κ3) is 3.82. The Balaban J connectivity index is 1.77. The number of aliphatic hydroxyl groups is 1. The number of carbonyl (C=O) groups is 3. The summed E-state index contributed by atoms with van der Waals surface area (Å²) >= 11 is 1.57. The molecular weight excluding hydrogens is 416 g/mol. The zero-order valence-corrected chi connectivity index (χ0v) is 18.9. The first-order valence-corrected chi connectivity index (χ1v) is 12.3. The fourth-order valence-corrected chi connectivity index (χ4v) is 7.33. The molecule has 4 rings (SSSR count). The number of aliphatic hydroxyl groups excluding tert-OH is 1. The van der Waals surface area contributed by atoms with Crippen LogP contribution >= 0.6 is 11.8 Å². The summed E-state index contributed by atoms with van der Waals surface area (Å²) in [6, 6.07) is -0.659. The Morgan fingerprint density at radius 1 is 1.19 bits per heavy atom. The average molecular weight is 449 g/mol. The summed E-state index contributed by atoms with van der Waals surface area (Å²) in [5.74, 6) is -1.79. The number of carbonyl (C=O) groups excluding carboxylic acids is 3. The molecule has 0 aromatic heterocycles. The minimum Gasteiger partial charge on any atom is -0.465 e. The van der Waals surface area contributed by atoms with Gasteiger partial charge in [-0.15, -0.1) is 11.8 Å². The van der Waals surface area contributed by atoms with Gasteiger partial charge in [-0.05, 0) is 25.7 Å². The van der Waals surface area contributed by atoms with Crippen LogP contribution in [0, 0.1) is 11.8 Å². The molecule has 31 heavy (non-hydrogen) atoms. The van der Waals surface area contributed by atoms with E-state index in [2.05, 4.69) is 13.0 Å². The summed E-state index contributed by atoms with van der Waals surface area (Å²) in [6.07, 6.45) is 12.0. The van der Waals surface area contributed by atoms with Gasteiger partial charge in [-0.1, -0.05) is 37.6 Å². The number of fused-ring (bicyclic) bond motifs is 2. The molecule has 0 saturated carbocycles. The predicted molar refractivity (Wildman–Crippen MR) is 118 cm³/mol. The Morgan fingerprint density at radius 3 is 2.81 bits per heavy atom. The lowest BCUT2D eigenvalue weighted by Gasteiger charge is -2.35. The molecule has 1 unspecified atom stereocenters. The Morgan fingerprint density at radius 2 is 2.03 bits per heavy atom. The Labute approximate surface area is 187 Å². The highest BCUT2D eigenvalue weighted by atomic mass is 32.2. The Kier molecular flexibility index (Phi) is 6.77. The van der Waals surface area contributed by atoms with E-state index in [1.54, 1.807) is 16.7 Å². The van der Waals surface area contributed by atoms with E-state index in [0.717, 1.165) is 25.7 Å². The van der Waals surface area contributed by atoms with E-state index < -0.39 is 22.6 Å². The highest BCUT2D eigenvalue weighted by molar-refractivity contribution is 8.02. The molecule has 2 fully saturated rings. The first kappa shape index (κ1) is 22.4. The van der Waals surface area contributed by atoms with Crippen LogP contribution in [0.1, 0.15) is 39.0 Å². The summed E-state index contributed by atoms with van der Waals surface area (Å²) < 4.78 is 4.75. The van der Waals surface area contributed by atoms with Crippen molar-refractivity contribution in [3.8, 4) is 0 Å². The summed E-state index contributed by atoms with van der Waals surface area (Å²) in [7, 11) is 0. The summed E-state index contributed by atoms with van der Waals surface area (Å²) in [4.78, 5) is 44.0. The number of cyclic esters (lactones) is 1. The summed E-state index contributed by atoms with van der Waals surface area (Å²) in [6.45, 7) is 3.86. The lowest BCUT2D eigenvalue weighted by Crippen LogP contribution is -2.53. The number of hydrogen-bond acceptors (Lipinski definition) is 6.